The van der Waals surface area contributed by atoms with Crippen molar-refractivity contribution in [3.05, 3.63) is 54.1 Å². The number of nitrogens with one attached hydrogen (secondary N) is 1. The summed E-state index contributed by atoms with van der Waals surface area (Å²) in [6.45, 7) is 2.21. The van der Waals surface area contributed by atoms with Gasteiger partial charge in [0.05, 0.1) is 14.2 Å². The molecule has 0 aliphatic rings. The van der Waals surface area contributed by atoms with E-state index in [0.717, 1.165) is 0 Å². The van der Waals surface area contributed by atoms with E-state index in [2.05, 4.69) is 5.32 Å². The number of amides is 2. The van der Waals surface area contributed by atoms with Crippen molar-refractivity contribution in [3.8, 4) is 11.5 Å². The maximum Gasteiger partial charge on any atom is 0.254 e. The van der Waals surface area contributed by atoms with Crippen molar-refractivity contribution in [1.29, 1.82) is 0 Å². The van der Waals surface area contributed by atoms with Crippen LogP contribution in [0, 0.1) is 0 Å². The Kier molecular flexibility index (Phi) is 6.39. The van der Waals surface area contributed by atoms with Crippen molar-refractivity contribution in [2.75, 3.05) is 32.6 Å². The Bertz CT molecular complexity index is 746. The Labute approximate surface area is 147 Å². The Hall–Kier alpha value is -3.02. The van der Waals surface area contributed by atoms with E-state index in [-0.39, 0.29) is 18.4 Å². The lowest BCUT2D eigenvalue weighted by Gasteiger charge is -2.20. The standard InChI is InChI=1S/C19H22N2O4/c1-4-21(19(23)14-7-5-9-16(11-14)24-2)13-18(22)20-15-8-6-10-17(12-15)25-3/h5-12H,4,13H2,1-3H3,(H,20,22). The van der Waals surface area contributed by atoms with E-state index in [1.807, 2.05) is 6.92 Å². The quantitative estimate of drug-likeness (QED) is 0.840. The first-order chi connectivity index (χ1) is 12.1. The van der Waals surface area contributed by atoms with Gasteiger partial charge in [-0.05, 0) is 37.3 Å². The van der Waals surface area contributed by atoms with E-state index in [1.165, 1.54) is 4.90 Å². The van der Waals surface area contributed by atoms with Gasteiger partial charge >= 0.3 is 0 Å². The molecule has 6 nitrogen and oxygen atoms in total. The molecule has 2 rings (SSSR count). The number of rotatable bonds is 7. The van der Waals surface area contributed by atoms with E-state index < -0.39 is 0 Å². The minimum Gasteiger partial charge on any atom is -0.497 e. The van der Waals surface area contributed by atoms with Crippen LogP contribution in [0.3, 0.4) is 0 Å². The minimum atomic E-state index is -0.272. The second-order valence-corrected chi connectivity index (χ2v) is 5.33. The highest BCUT2D eigenvalue weighted by molar-refractivity contribution is 5.99. The average Bonchev–Trinajstić information content (AvgIpc) is 2.65. The van der Waals surface area contributed by atoms with Gasteiger partial charge in [0.1, 0.15) is 18.0 Å². The van der Waals surface area contributed by atoms with Crippen LogP contribution in [-0.2, 0) is 4.79 Å². The second kappa shape index (κ2) is 8.73. The molecule has 0 radical (unpaired) electrons. The van der Waals surface area contributed by atoms with Crippen molar-refractivity contribution in [2.45, 2.75) is 6.92 Å². The molecule has 2 amide bonds. The summed E-state index contributed by atoms with van der Waals surface area (Å²) in [5.41, 5.74) is 1.10. The van der Waals surface area contributed by atoms with Crippen LogP contribution in [0.4, 0.5) is 5.69 Å². The molecule has 0 saturated heterocycles. The summed E-state index contributed by atoms with van der Waals surface area (Å²) >= 11 is 0. The lowest BCUT2D eigenvalue weighted by atomic mass is 10.2. The molecular weight excluding hydrogens is 320 g/mol. The van der Waals surface area contributed by atoms with Crippen LogP contribution in [0.5, 0.6) is 11.5 Å². The van der Waals surface area contributed by atoms with Gasteiger partial charge in [0.15, 0.2) is 0 Å². The first-order valence-corrected chi connectivity index (χ1v) is 7.94. The highest BCUT2D eigenvalue weighted by atomic mass is 16.5. The molecule has 0 spiro atoms. The van der Waals surface area contributed by atoms with Crippen LogP contribution in [0.1, 0.15) is 17.3 Å². The first-order valence-electron chi connectivity index (χ1n) is 7.94. The van der Waals surface area contributed by atoms with Gasteiger partial charge in [-0.3, -0.25) is 9.59 Å². The van der Waals surface area contributed by atoms with Crippen LogP contribution < -0.4 is 14.8 Å². The molecule has 132 valence electrons. The molecule has 0 aliphatic carbocycles. The maximum absolute atomic E-state index is 12.6. The van der Waals surface area contributed by atoms with Crippen LogP contribution in [0.15, 0.2) is 48.5 Å². The molecule has 0 bridgehead atoms. The fraction of sp³-hybridized carbons (Fsp3) is 0.263. The smallest absolute Gasteiger partial charge is 0.254 e. The summed E-state index contributed by atoms with van der Waals surface area (Å²) in [7, 11) is 3.11. The number of nitrogens with zero attached hydrogens (tertiary/aromatic N) is 1. The lowest BCUT2D eigenvalue weighted by molar-refractivity contribution is -0.116. The summed E-state index contributed by atoms with van der Waals surface area (Å²) in [5.74, 6) is 0.758. The zero-order valence-corrected chi connectivity index (χ0v) is 14.6. The van der Waals surface area contributed by atoms with E-state index in [0.29, 0.717) is 29.3 Å². The zero-order valence-electron chi connectivity index (χ0n) is 14.6. The predicted molar refractivity (Wildman–Crippen MR) is 96.2 cm³/mol. The Morgan fingerprint density at radius 1 is 1.00 bits per heavy atom. The van der Waals surface area contributed by atoms with Crippen LogP contribution >= 0.6 is 0 Å². The molecule has 6 heteroatoms. The van der Waals surface area contributed by atoms with Crippen molar-refractivity contribution >= 4 is 17.5 Å². The molecule has 0 aliphatic heterocycles. The van der Waals surface area contributed by atoms with Crippen molar-refractivity contribution in [2.24, 2.45) is 0 Å². The number of likely N-dealkylation sites (N-methyl/N-ethyl adjacent to an activating group) is 1. The highest BCUT2D eigenvalue weighted by Gasteiger charge is 2.18. The summed E-state index contributed by atoms with van der Waals surface area (Å²) in [5, 5.41) is 2.77. The third kappa shape index (κ3) is 4.97. The summed E-state index contributed by atoms with van der Waals surface area (Å²) in [6, 6.07) is 13.9. The van der Waals surface area contributed by atoms with Gasteiger partial charge in [-0.25, -0.2) is 0 Å². The topological polar surface area (TPSA) is 67.9 Å². The van der Waals surface area contributed by atoms with E-state index in [9.17, 15) is 9.59 Å². The Morgan fingerprint density at radius 2 is 1.64 bits per heavy atom. The van der Waals surface area contributed by atoms with Gasteiger partial charge in [-0.1, -0.05) is 12.1 Å². The fourth-order valence-corrected chi connectivity index (χ4v) is 2.34. The molecule has 0 saturated carbocycles. The van der Waals surface area contributed by atoms with Gasteiger partial charge in [-0.15, -0.1) is 0 Å². The number of hydrogen-bond acceptors (Lipinski definition) is 4. The molecule has 0 fully saturated rings. The molecular formula is C19H22N2O4. The number of carbonyl (C=O) groups is 2. The third-order valence-electron chi connectivity index (χ3n) is 3.67. The monoisotopic (exact) mass is 342 g/mol. The number of hydrogen-bond donors (Lipinski definition) is 1. The van der Waals surface area contributed by atoms with E-state index >= 15 is 0 Å². The highest BCUT2D eigenvalue weighted by Crippen LogP contribution is 2.17. The molecule has 2 aromatic rings. The number of carbonyl (C=O) groups excluding carboxylic acids is 2. The minimum absolute atomic E-state index is 0.0379. The third-order valence-corrected chi connectivity index (χ3v) is 3.67. The summed E-state index contributed by atoms with van der Waals surface area (Å²) in [6.07, 6.45) is 0. The second-order valence-electron chi connectivity index (χ2n) is 5.33. The molecule has 25 heavy (non-hydrogen) atoms. The van der Waals surface area contributed by atoms with Crippen molar-refractivity contribution in [1.82, 2.24) is 4.90 Å². The van der Waals surface area contributed by atoms with E-state index in [1.54, 1.807) is 62.8 Å². The number of ether oxygens (including phenoxy) is 2. The number of methoxy groups -OCH3 is 2. The van der Waals surface area contributed by atoms with Gasteiger partial charge < -0.3 is 19.7 Å². The van der Waals surface area contributed by atoms with Crippen molar-refractivity contribution in [3.63, 3.8) is 0 Å². The average molecular weight is 342 g/mol. The SMILES string of the molecule is CCN(CC(=O)Nc1cccc(OC)c1)C(=O)c1cccc(OC)c1. The molecule has 2 aromatic carbocycles. The molecule has 0 unspecified atom stereocenters. The van der Waals surface area contributed by atoms with Gasteiger partial charge in [0, 0.05) is 23.9 Å². The zero-order chi connectivity index (χ0) is 18.2. The molecule has 1 N–H and O–H groups in total. The predicted octanol–water partition coefficient (Wildman–Crippen LogP) is 2.80. The van der Waals surface area contributed by atoms with Crippen LogP contribution in [0.25, 0.3) is 0 Å². The normalized spacial score (nSPS) is 10.0. The molecule has 0 aromatic heterocycles. The number of anilines is 1. The van der Waals surface area contributed by atoms with E-state index in [4.69, 9.17) is 9.47 Å². The summed E-state index contributed by atoms with van der Waals surface area (Å²) < 4.78 is 10.3. The van der Waals surface area contributed by atoms with Crippen LogP contribution in [-0.4, -0.2) is 44.0 Å². The number of benzene rings is 2. The maximum atomic E-state index is 12.6. The molecule has 0 atom stereocenters. The summed E-state index contributed by atoms with van der Waals surface area (Å²) in [4.78, 5) is 26.3. The Balaban J connectivity index is 2.04. The van der Waals surface area contributed by atoms with Crippen LogP contribution in [0.2, 0.25) is 0 Å². The Morgan fingerprint density at radius 3 is 2.28 bits per heavy atom. The lowest BCUT2D eigenvalue weighted by Crippen LogP contribution is -2.37. The van der Waals surface area contributed by atoms with Gasteiger partial charge in [0.2, 0.25) is 5.91 Å². The first kappa shape index (κ1) is 18.3. The van der Waals surface area contributed by atoms with Gasteiger partial charge in [0.25, 0.3) is 5.91 Å². The van der Waals surface area contributed by atoms with Gasteiger partial charge in [-0.2, -0.15) is 0 Å². The fourth-order valence-electron chi connectivity index (χ4n) is 2.34. The largest absolute Gasteiger partial charge is 0.497 e. The van der Waals surface area contributed by atoms with Crippen molar-refractivity contribution < 1.29 is 19.1 Å². The molecule has 0 heterocycles.